The molecular formula is C16H20Cl2N2O. The summed E-state index contributed by atoms with van der Waals surface area (Å²) in [6, 6.07) is 4.78. The molecule has 1 amide bonds. The summed E-state index contributed by atoms with van der Waals surface area (Å²) >= 11 is 12.0. The lowest BCUT2D eigenvalue weighted by Gasteiger charge is -2.21. The molecule has 0 bridgehead atoms. The Balaban J connectivity index is 1.59. The second kappa shape index (κ2) is 6.15. The smallest absolute Gasteiger partial charge is 0.239 e. The van der Waals surface area contributed by atoms with E-state index in [0.29, 0.717) is 22.4 Å². The highest BCUT2D eigenvalue weighted by atomic mass is 35.5. The van der Waals surface area contributed by atoms with Gasteiger partial charge in [0.05, 0.1) is 6.04 Å². The van der Waals surface area contributed by atoms with Crippen LogP contribution in [0.4, 0.5) is 0 Å². The fraction of sp³-hybridized carbons (Fsp3) is 0.562. The van der Waals surface area contributed by atoms with Crippen LogP contribution in [0.25, 0.3) is 0 Å². The first-order valence-corrected chi connectivity index (χ1v) is 8.28. The molecule has 0 spiro atoms. The van der Waals surface area contributed by atoms with E-state index in [-0.39, 0.29) is 5.91 Å². The average molecular weight is 327 g/mol. The topological polar surface area (TPSA) is 46.3 Å². The van der Waals surface area contributed by atoms with Crippen molar-refractivity contribution < 1.29 is 4.79 Å². The molecule has 1 saturated carbocycles. The van der Waals surface area contributed by atoms with E-state index in [1.165, 1.54) is 12.8 Å². The Bertz CT molecular complexity index is 545. The zero-order valence-electron chi connectivity index (χ0n) is 11.9. The molecule has 3 nitrogen and oxygen atoms in total. The molecule has 1 aromatic carbocycles. The van der Waals surface area contributed by atoms with Gasteiger partial charge in [0, 0.05) is 23.1 Å². The number of hydrogen-bond donors (Lipinski definition) is 1. The number of amides is 1. The van der Waals surface area contributed by atoms with Crippen LogP contribution in [-0.4, -0.2) is 29.9 Å². The first kappa shape index (κ1) is 15.1. The maximum absolute atomic E-state index is 12.4. The Kier molecular flexibility index (Phi) is 4.43. The van der Waals surface area contributed by atoms with Crippen molar-refractivity contribution >= 4 is 29.1 Å². The number of likely N-dealkylation sites (tertiary alicyclic amines) is 1. The van der Waals surface area contributed by atoms with Crippen molar-refractivity contribution in [1.29, 1.82) is 0 Å². The Hall–Kier alpha value is -0.770. The van der Waals surface area contributed by atoms with E-state index in [1.54, 1.807) is 12.1 Å². The largest absolute Gasteiger partial charge is 0.341 e. The van der Waals surface area contributed by atoms with Gasteiger partial charge in [0.1, 0.15) is 0 Å². The second-order valence-electron chi connectivity index (χ2n) is 6.22. The van der Waals surface area contributed by atoms with E-state index in [9.17, 15) is 4.79 Å². The molecule has 2 fully saturated rings. The van der Waals surface area contributed by atoms with Gasteiger partial charge in [-0.15, -0.1) is 0 Å². The van der Waals surface area contributed by atoms with Crippen LogP contribution in [0.2, 0.25) is 10.0 Å². The van der Waals surface area contributed by atoms with Crippen LogP contribution in [0.3, 0.4) is 0 Å². The Labute approximate surface area is 135 Å². The summed E-state index contributed by atoms with van der Waals surface area (Å²) in [6.07, 6.45) is 4.25. The number of carbonyl (C=O) groups excluding carboxylic acids is 1. The van der Waals surface area contributed by atoms with Crippen LogP contribution in [0.15, 0.2) is 18.2 Å². The maximum atomic E-state index is 12.4. The molecule has 2 N–H and O–H groups in total. The molecule has 1 aliphatic carbocycles. The van der Waals surface area contributed by atoms with Crippen molar-refractivity contribution in [3.05, 3.63) is 33.8 Å². The molecule has 114 valence electrons. The van der Waals surface area contributed by atoms with Crippen LogP contribution >= 0.6 is 23.2 Å². The molecule has 1 saturated heterocycles. The van der Waals surface area contributed by atoms with E-state index in [0.717, 1.165) is 31.0 Å². The van der Waals surface area contributed by atoms with Gasteiger partial charge in [-0.25, -0.2) is 0 Å². The Morgan fingerprint density at radius 1 is 1.29 bits per heavy atom. The number of carbonyl (C=O) groups is 1. The first-order chi connectivity index (χ1) is 10.0. The monoisotopic (exact) mass is 326 g/mol. The summed E-state index contributed by atoms with van der Waals surface area (Å²) in [5.41, 5.74) is 6.97. The summed E-state index contributed by atoms with van der Waals surface area (Å²) < 4.78 is 0. The minimum absolute atomic E-state index is 0.0455. The van der Waals surface area contributed by atoms with Gasteiger partial charge < -0.3 is 10.6 Å². The van der Waals surface area contributed by atoms with E-state index in [1.807, 2.05) is 11.0 Å². The molecular weight excluding hydrogens is 307 g/mol. The van der Waals surface area contributed by atoms with Crippen molar-refractivity contribution in [3.8, 4) is 0 Å². The molecule has 0 radical (unpaired) electrons. The predicted molar refractivity (Wildman–Crippen MR) is 85.6 cm³/mol. The quantitative estimate of drug-likeness (QED) is 0.923. The number of halogens is 2. The average Bonchev–Trinajstić information content (AvgIpc) is 3.19. The van der Waals surface area contributed by atoms with Crippen molar-refractivity contribution in [2.45, 2.75) is 31.7 Å². The molecule has 1 aliphatic heterocycles. The predicted octanol–water partition coefficient (Wildman–Crippen LogP) is 3.12. The van der Waals surface area contributed by atoms with Gasteiger partial charge in [-0.05, 0) is 55.2 Å². The van der Waals surface area contributed by atoms with Crippen LogP contribution < -0.4 is 5.73 Å². The molecule has 1 heterocycles. The molecule has 2 aliphatic rings. The van der Waals surface area contributed by atoms with Crippen LogP contribution in [-0.2, 0) is 11.2 Å². The zero-order chi connectivity index (χ0) is 15.0. The number of nitrogens with two attached hydrogens (primary N) is 1. The summed E-state index contributed by atoms with van der Waals surface area (Å²) in [7, 11) is 0. The van der Waals surface area contributed by atoms with Crippen molar-refractivity contribution in [3.63, 3.8) is 0 Å². The van der Waals surface area contributed by atoms with Gasteiger partial charge in [-0.1, -0.05) is 29.3 Å². The third-order valence-corrected chi connectivity index (χ3v) is 5.18. The maximum Gasteiger partial charge on any atom is 0.239 e. The van der Waals surface area contributed by atoms with Crippen molar-refractivity contribution in [2.75, 3.05) is 13.1 Å². The Morgan fingerprint density at radius 2 is 2.05 bits per heavy atom. The number of hydrogen-bond acceptors (Lipinski definition) is 2. The lowest BCUT2D eigenvalue weighted by molar-refractivity contribution is -0.131. The summed E-state index contributed by atoms with van der Waals surface area (Å²) in [5.74, 6) is 1.59. The van der Waals surface area contributed by atoms with Gasteiger partial charge in [-0.3, -0.25) is 4.79 Å². The molecule has 0 aromatic heterocycles. The van der Waals surface area contributed by atoms with Gasteiger partial charge in [0.15, 0.2) is 0 Å². The van der Waals surface area contributed by atoms with Gasteiger partial charge in [0.25, 0.3) is 0 Å². The molecule has 2 atom stereocenters. The van der Waals surface area contributed by atoms with Gasteiger partial charge in [-0.2, -0.15) is 0 Å². The summed E-state index contributed by atoms with van der Waals surface area (Å²) in [6.45, 7) is 1.73. The third kappa shape index (κ3) is 3.53. The molecule has 1 unspecified atom stereocenters. The fourth-order valence-electron chi connectivity index (χ4n) is 3.19. The molecule has 5 heteroatoms. The van der Waals surface area contributed by atoms with Crippen molar-refractivity contribution in [2.24, 2.45) is 17.6 Å². The van der Waals surface area contributed by atoms with Crippen LogP contribution in [0.5, 0.6) is 0 Å². The lowest BCUT2D eigenvalue weighted by atomic mass is 10.0. The molecule has 3 rings (SSSR count). The van der Waals surface area contributed by atoms with E-state index < -0.39 is 6.04 Å². The highest BCUT2D eigenvalue weighted by molar-refractivity contribution is 6.35. The van der Waals surface area contributed by atoms with E-state index in [2.05, 4.69) is 0 Å². The minimum atomic E-state index is -0.526. The number of rotatable bonds is 4. The third-order valence-electron chi connectivity index (χ3n) is 4.60. The lowest BCUT2D eigenvalue weighted by Crippen LogP contribution is -2.44. The number of benzene rings is 1. The highest BCUT2D eigenvalue weighted by Gasteiger charge is 2.38. The minimum Gasteiger partial charge on any atom is -0.341 e. The zero-order valence-corrected chi connectivity index (χ0v) is 13.4. The Morgan fingerprint density at radius 3 is 2.71 bits per heavy atom. The molecule has 21 heavy (non-hydrogen) atoms. The molecule has 1 aromatic rings. The van der Waals surface area contributed by atoms with E-state index in [4.69, 9.17) is 28.9 Å². The standard InChI is InChI=1S/C16H20Cl2N2O/c17-13-4-3-11(14(18)8-13)7-15(19)16(21)20-6-5-12(9-20)10-1-2-10/h3-4,8,10,12,15H,1-2,5-7,9,19H2/t12?,15-/m1/s1. The van der Waals surface area contributed by atoms with Crippen LogP contribution in [0.1, 0.15) is 24.8 Å². The summed E-state index contributed by atoms with van der Waals surface area (Å²) in [4.78, 5) is 14.4. The highest BCUT2D eigenvalue weighted by Crippen LogP contribution is 2.41. The first-order valence-electron chi connectivity index (χ1n) is 7.53. The van der Waals surface area contributed by atoms with Gasteiger partial charge in [0.2, 0.25) is 5.91 Å². The summed E-state index contributed by atoms with van der Waals surface area (Å²) in [5, 5.41) is 1.17. The van der Waals surface area contributed by atoms with Crippen LogP contribution in [0, 0.1) is 11.8 Å². The number of nitrogens with zero attached hydrogens (tertiary/aromatic N) is 1. The van der Waals surface area contributed by atoms with Crippen molar-refractivity contribution in [1.82, 2.24) is 4.90 Å². The van der Waals surface area contributed by atoms with Gasteiger partial charge >= 0.3 is 0 Å². The fourth-order valence-corrected chi connectivity index (χ4v) is 3.67. The van der Waals surface area contributed by atoms with E-state index >= 15 is 0 Å². The normalized spacial score (nSPS) is 23.4. The SMILES string of the molecule is N[C@H](Cc1ccc(Cl)cc1Cl)C(=O)N1CCC(C2CC2)C1. The second-order valence-corrected chi connectivity index (χ2v) is 7.06.